The number of anilines is 1. The van der Waals surface area contributed by atoms with Crippen LogP contribution in [-0.2, 0) is 6.42 Å². The Balaban J connectivity index is 1.98. The minimum absolute atomic E-state index is 1.04. The standard InChI is InChI=1S/C37H66N3/c1-5-8-10-12-18-22-31-38-36(7-3)30-34-40(4)33-24-20-16-14-15-17-21-25-35-26-28-37(29-27-35)39-32-23-19-13-11-9-6-2/h7,26-30,34,38-39H,4-6,8-25,31-33H2,1-3H3/q+1/b34-30-,36-7+. The number of allylic oxidation sites excluding steroid dienone is 2. The van der Waals surface area contributed by atoms with Gasteiger partial charge in [-0.05, 0) is 56.7 Å². The van der Waals surface area contributed by atoms with Crippen LogP contribution in [0.1, 0.15) is 148 Å². The number of aryl methyl sites for hydroxylation is 1. The van der Waals surface area contributed by atoms with Crippen LogP contribution in [0, 0.1) is 0 Å². The highest BCUT2D eigenvalue weighted by molar-refractivity contribution is 5.44. The third-order valence-electron chi connectivity index (χ3n) is 7.86. The molecule has 228 valence electrons. The second-order valence-electron chi connectivity index (χ2n) is 11.7. The van der Waals surface area contributed by atoms with Crippen molar-refractivity contribution in [3.8, 4) is 0 Å². The van der Waals surface area contributed by atoms with E-state index in [0.717, 1.165) is 19.6 Å². The molecular weight excluding hydrogens is 486 g/mol. The Bertz CT molecular complexity index is 762. The van der Waals surface area contributed by atoms with E-state index in [1.54, 1.807) is 0 Å². The summed E-state index contributed by atoms with van der Waals surface area (Å²) in [5, 5.41) is 7.15. The largest absolute Gasteiger partial charge is 0.385 e. The molecule has 2 N–H and O–H groups in total. The topological polar surface area (TPSA) is 27.1 Å². The van der Waals surface area contributed by atoms with Crippen LogP contribution < -0.4 is 10.6 Å². The molecule has 0 bridgehead atoms. The number of unbranched alkanes of at least 4 members (excludes halogenated alkanes) is 16. The van der Waals surface area contributed by atoms with Crippen molar-refractivity contribution in [1.82, 2.24) is 5.32 Å². The van der Waals surface area contributed by atoms with Crippen LogP contribution in [0.25, 0.3) is 0 Å². The molecule has 0 fully saturated rings. The molecule has 0 aromatic heterocycles. The van der Waals surface area contributed by atoms with Crippen molar-refractivity contribution in [2.24, 2.45) is 0 Å². The lowest BCUT2D eigenvalue weighted by Crippen LogP contribution is -2.14. The summed E-state index contributed by atoms with van der Waals surface area (Å²) in [5.41, 5.74) is 3.96. The van der Waals surface area contributed by atoms with Crippen LogP contribution >= 0.6 is 0 Å². The molecule has 0 spiro atoms. The van der Waals surface area contributed by atoms with Crippen molar-refractivity contribution in [2.75, 3.05) is 25.0 Å². The first-order valence-corrected chi connectivity index (χ1v) is 17.2. The molecule has 1 rings (SSSR count). The monoisotopic (exact) mass is 553 g/mol. The minimum atomic E-state index is 1.04. The second-order valence-corrected chi connectivity index (χ2v) is 11.7. The molecule has 3 nitrogen and oxygen atoms in total. The van der Waals surface area contributed by atoms with E-state index in [9.17, 15) is 0 Å². The van der Waals surface area contributed by atoms with Gasteiger partial charge in [0.1, 0.15) is 13.3 Å². The summed E-state index contributed by atoms with van der Waals surface area (Å²) in [5.74, 6) is 0. The first kappa shape index (κ1) is 36.0. The number of benzene rings is 1. The third-order valence-corrected chi connectivity index (χ3v) is 7.86. The quantitative estimate of drug-likeness (QED) is 0.0468. The predicted octanol–water partition coefficient (Wildman–Crippen LogP) is 10.8. The molecule has 0 saturated carbocycles. The molecule has 3 heteroatoms. The van der Waals surface area contributed by atoms with Crippen molar-refractivity contribution in [1.29, 1.82) is 0 Å². The van der Waals surface area contributed by atoms with E-state index in [1.807, 2.05) is 0 Å². The summed E-state index contributed by atoms with van der Waals surface area (Å²) in [6.07, 6.45) is 33.1. The lowest BCUT2D eigenvalue weighted by molar-refractivity contribution is -0.448. The van der Waals surface area contributed by atoms with E-state index in [2.05, 4.69) is 85.3 Å². The highest BCUT2D eigenvalue weighted by Crippen LogP contribution is 2.14. The fraction of sp³-hybridized carbons (Fsp3) is 0.703. The zero-order valence-electron chi connectivity index (χ0n) is 27.0. The average Bonchev–Trinajstić information content (AvgIpc) is 2.97. The smallest absolute Gasteiger partial charge is 0.170 e. The summed E-state index contributed by atoms with van der Waals surface area (Å²) >= 11 is 0. The van der Waals surface area contributed by atoms with Gasteiger partial charge in [0.15, 0.2) is 6.20 Å². The molecule has 0 amide bonds. The van der Waals surface area contributed by atoms with E-state index >= 15 is 0 Å². The van der Waals surface area contributed by atoms with Crippen LogP contribution in [0.15, 0.2) is 48.3 Å². The van der Waals surface area contributed by atoms with Crippen LogP contribution in [0.5, 0.6) is 0 Å². The Morgan fingerprint density at radius 1 is 0.675 bits per heavy atom. The summed E-state index contributed by atoms with van der Waals surface area (Å²) in [4.78, 5) is 0. The fourth-order valence-electron chi connectivity index (χ4n) is 5.11. The van der Waals surface area contributed by atoms with Gasteiger partial charge in [0.25, 0.3) is 0 Å². The van der Waals surface area contributed by atoms with Gasteiger partial charge in [-0.1, -0.05) is 122 Å². The Labute approximate surface area is 250 Å². The van der Waals surface area contributed by atoms with Crippen LogP contribution in [-0.4, -0.2) is 30.9 Å². The van der Waals surface area contributed by atoms with Crippen molar-refractivity contribution >= 4 is 12.4 Å². The molecule has 40 heavy (non-hydrogen) atoms. The van der Waals surface area contributed by atoms with Gasteiger partial charge in [0.05, 0.1) is 0 Å². The van der Waals surface area contributed by atoms with Gasteiger partial charge in [-0.3, -0.25) is 0 Å². The Morgan fingerprint density at radius 3 is 1.80 bits per heavy atom. The molecule has 0 aliphatic carbocycles. The molecule has 0 aliphatic heterocycles. The van der Waals surface area contributed by atoms with E-state index in [4.69, 9.17) is 0 Å². The van der Waals surface area contributed by atoms with E-state index < -0.39 is 0 Å². The van der Waals surface area contributed by atoms with Gasteiger partial charge in [-0.2, -0.15) is 0 Å². The maximum absolute atomic E-state index is 4.19. The maximum Gasteiger partial charge on any atom is 0.170 e. The Morgan fingerprint density at radius 2 is 1.20 bits per heavy atom. The molecule has 0 atom stereocenters. The van der Waals surface area contributed by atoms with Gasteiger partial charge < -0.3 is 10.6 Å². The molecular formula is C37H66N3+. The molecule has 0 saturated heterocycles. The molecule has 0 radical (unpaired) electrons. The first-order valence-electron chi connectivity index (χ1n) is 17.2. The number of rotatable bonds is 28. The maximum atomic E-state index is 4.19. The summed E-state index contributed by atoms with van der Waals surface area (Å²) < 4.78 is 2.09. The summed E-state index contributed by atoms with van der Waals surface area (Å²) in [7, 11) is 0. The number of hydrogen-bond acceptors (Lipinski definition) is 2. The summed E-state index contributed by atoms with van der Waals surface area (Å²) in [6.45, 7) is 14.1. The molecule has 1 aromatic carbocycles. The normalized spacial score (nSPS) is 11.8. The van der Waals surface area contributed by atoms with Crippen LogP contribution in [0.2, 0.25) is 0 Å². The van der Waals surface area contributed by atoms with E-state index in [0.29, 0.717) is 0 Å². The number of nitrogens with zero attached hydrogens (tertiary/aromatic N) is 1. The molecule has 1 aromatic rings. The minimum Gasteiger partial charge on any atom is -0.385 e. The second kappa shape index (κ2) is 27.2. The summed E-state index contributed by atoms with van der Waals surface area (Å²) in [6, 6.07) is 9.15. The lowest BCUT2D eigenvalue weighted by Gasteiger charge is -2.08. The predicted molar refractivity (Wildman–Crippen MR) is 181 cm³/mol. The molecule has 0 aliphatic rings. The van der Waals surface area contributed by atoms with Gasteiger partial charge in [-0.15, -0.1) is 0 Å². The zero-order valence-corrected chi connectivity index (χ0v) is 27.0. The highest BCUT2D eigenvalue weighted by atomic mass is 15.0. The lowest BCUT2D eigenvalue weighted by atomic mass is 10.0. The van der Waals surface area contributed by atoms with Crippen molar-refractivity contribution in [3.63, 3.8) is 0 Å². The number of hydrogen-bond donors (Lipinski definition) is 2. The number of nitrogens with one attached hydrogen (secondary N) is 2. The molecule has 0 heterocycles. The van der Waals surface area contributed by atoms with Gasteiger partial charge in [0, 0.05) is 37.0 Å². The zero-order chi connectivity index (χ0) is 28.9. The van der Waals surface area contributed by atoms with Crippen molar-refractivity contribution in [3.05, 3.63) is 53.9 Å². The van der Waals surface area contributed by atoms with Crippen LogP contribution in [0.4, 0.5) is 5.69 Å². The highest BCUT2D eigenvalue weighted by Gasteiger charge is 2.00. The van der Waals surface area contributed by atoms with Gasteiger partial charge in [-0.25, -0.2) is 4.58 Å². The average molecular weight is 553 g/mol. The van der Waals surface area contributed by atoms with Crippen LogP contribution in [0.3, 0.4) is 0 Å². The van der Waals surface area contributed by atoms with E-state index in [1.165, 1.54) is 145 Å². The Hall–Kier alpha value is -2.03. The SMILES string of the molecule is C=[N+](/C=C\C(=C/C)NCCCCCCCC)CCCCCCCCCc1ccc(NCCCCCCCC)cc1. The fourth-order valence-corrected chi connectivity index (χ4v) is 5.11. The van der Waals surface area contributed by atoms with Gasteiger partial charge >= 0.3 is 0 Å². The van der Waals surface area contributed by atoms with Crippen molar-refractivity contribution in [2.45, 2.75) is 149 Å². The van der Waals surface area contributed by atoms with Crippen molar-refractivity contribution < 1.29 is 4.58 Å². The molecule has 0 unspecified atom stereocenters. The Kier molecular flexibility index (Phi) is 24.4. The first-order chi connectivity index (χ1) is 19.7. The third kappa shape index (κ3) is 21.8. The van der Waals surface area contributed by atoms with Gasteiger partial charge in [0.2, 0.25) is 0 Å². The van der Waals surface area contributed by atoms with E-state index in [-0.39, 0.29) is 0 Å².